The van der Waals surface area contributed by atoms with Gasteiger partial charge in [-0.3, -0.25) is 0 Å². The summed E-state index contributed by atoms with van der Waals surface area (Å²) < 4.78 is 6.46. The van der Waals surface area contributed by atoms with Crippen molar-refractivity contribution < 1.29 is 4.42 Å². The molecule has 0 unspecified atom stereocenters. The van der Waals surface area contributed by atoms with E-state index in [4.69, 9.17) is 4.42 Å². The Balaban J connectivity index is 1.83. The highest BCUT2D eigenvalue weighted by Gasteiger charge is 2.22. The normalized spacial score (nSPS) is 12.1. The molecule has 1 aromatic heterocycles. The molecule has 0 aliphatic carbocycles. The molecular formula is C32H35O+. The van der Waals surface area contributed by atoms with Crippen molar-refractivity contribution in [3.8, 4) is 33.8 Å². The van der Waals surface area contributed by atoms with E-state index in [9.17, 15) is 0 Å². The quantitative estimate of drug-likeness (QED) is 0.292. The van der Waals surface area contributed by atoms with Crippen LogP contribution in [0.15, 0.2) is 89.3 Å². The molecule has 0 fully saturated rings. The van der Waals surface area contributed by atoms with E-state index < -0.39 is 0 Å². The monoisotopic (exact) mass is 435 g/mol. The molecule has 1 heteroatoms. The SMILES string of the molecule is Cc1ccc(-c2cc(-c3ccc(C(C)(C)C)cc3)cc(-c3ccc(C(C)(C)C)cc3)[o+]2)cc1. The van der Waals surface area contributed by atoms with E-state index in [2.05, 4.69) is 133 Å². The van der Waals surface area contributed by atoms with Crippen LogP contribution in [-0.4, -0.2) is 0 Å². The maximum absolute atomic E-state index is 6.46. The van der Waals surface area contributed by atoms with E-state index in [1.165, 1.54) is 22.3 Å². The van der Waals surface area contributed by atoms with E-state index in [-0.39, 0.29) is 10.8 Å². The largest absolute Gasteiger partial charge is 0.361 e. The van der Waals surface area contributed by atoms with Crippen LogP contribution in [0.2, 0.25) is 0 Å². The minimum absolute atomic E-state index is 0.124. The predicted octanol–water partition coefficient (Wildman–Crippen LogP) is 9.47. The molecule has 0 atom stereocenters. The first kappa shape index (κ1) is 23.0. The smallest absolute Gasteiger partial charge is 0.207 e. The van der Waals surface area contributed by atoms with Gasteiger partial charge in [0.25, 0.3) is 0 Å². The summed E-state index contributed by atoms with van der Waals surface area (Å²) in [7, 11) is 0. The number of hydrogen-bond donors (Lipinski definition) is 0. The van der Waals surface area contributed by atoms with Crippen LogP contribution < -0.4 is 0 Å². The molecule has 3 aromatic carbocycles. The lowest BCUT2D eigenvalue weighted by Gasteiger charge is -2.19. The molecule has 0 saturated heterocycles. The van der Waals surface area contributed by atoms with Crippen molar-refractivity contribution in [3.05, 3.63) is 102 Å². The van der Waals surface area contributed by atoms with Gasteiger partial charge < -0.3 is 0 Å². The molecular weight excluding hydrogens is 400 g/mol. The van der Waals surface area contributed by atoms with E-state index in [0.29, 0.717) is 0 Å². The third kappa shape index (κ3) is 5.25. The second kappa shape index (κ2) is 8.63. The van der Waals surface area contributed by atoms with Gasteiger partial charge in [0, 0.05) is 5.56 Å². The standard InChI is InChI=1S/C32H35O/c1-22-8-10-24(11-9-22)29-20-26(23-12-16-27(17-13-23)31(2,3)4)21-30(33-29)25-14-18-28(19-15-25)32(5,6)7/h8-21H,1-7H3/q+1. The van der Waals surface area contributed by atoms with E-state index in [0.717, 1.165) is 28.2 Å². The van der Waals surface area contributed by atoms with Gasteiger partial charge in [-0.2, -0.15) is 0 Å². The number of rotatable bonds is 3. The molecule has 0 radical (unpaired) electrons. The van der Waals surface area contributed by atoms with Gasteiger partial charge >= 0.3 is 11.5 Å². The van der Waals surface area contributed by atoms with Gasteiger partial charge in [-0.05, 0) is 58.7 Å². The van der Waals surface area contributed by atoms with E-state index in [1.54, 1.807) is 0 Å². The van der Waals surface area contributed by atoms with Gasteiger partial charge in [-0.1, -0.05) is 95.6 Å². The molecule has 4 aromatic rings. The topological polar surface area (TPSA) is 11.3 Å². The van der Waals surface area contributed by atoms with Gasteiger partial charge in [0.2, 0.25) is 0 Å². The molecule has 0 amide bonds. The maximum Gasteiger partial charge on any atom is 0.361 e. The Morgan fingerprint density at radius 3 is 1.21 bits per heavy atom. The summed E-state index contributed by atoms with van der Waals surface area (Å²) in [6.45, 7) is 15.6. The molecule has 0 saturated carbocycles. The average Bonchev–Trinajstić information content (AvgIpc) is 2.78. The fourth-order valence-corrected chi connectivity index (χ4v) is 3.97. The number of benzene rings is 3. The first-order valence-electron chi connectivity index (χ1n) is 11.8. The highest BCUT2D eigenvalue weighted by atomic mass is 16.3. The highest BCUT2D eigenvalue weighted by molar-refractivity contribution is 5.75. The zero-order valence-electron chi connectivity index (χ0n) is 21.0. The van der Waals surface area contributed by atoms with Crippen LogP contribution >= 0.6 is 0 Å². The molecule has 0 N–H and O–H groups in total. The van der Waals surface area contributed by atoms with Crippen LogP contribution in [0.5, 0.6) is 0 Å². The lowest BCUT2D eigenvalue weighted by atomic mass is 9.86. The first-order valence-corrected chi connectivity index (χ1v) is 11.8. The van der Waals surface area contributed by atoms with Gasteiger partial charge in [0.1, 0.15) is 0 Å². The average molecular weight is 436 g/mol. The maximum atomic E-state index is 6.46. The molecule has 0 spiro atoms. The van der Waals surface area contributed by atoms with Crippen LogP contribution in [0.3, 0.4) is 0 Å². The minimum atomic E-state index is 0.124. The molecule has 0 aliphatic heterocycles. The Bertz CT molecular complexity index is 1150. The van der Waals surface area contributed by atoms with Crippen molar-refractivity contribution in [3.63, 3.8) is 0 Å². The van der Waals surface area contributed by atoms with Gasteiger partial charge in [0.15, 0.2) is 0 Å². The fraction of sp³-hybridized carbons (Fsp3) is 0.281. The molecule has 1 heterocycles. The Labute approximate surface area is 199 Å². The lowest BCUT2D eigenvalue weighted by Crippen LogP contribution is -2.10. The van der Waals surface area contributed by atoms with Crippen molar-refractivity contribution >= 4 is 0 Å². The van der Waals surface area contributed by atoms with Crippen LogP contribution in [-0.2, 0) is 10.8 Å². The number of hydrogen-bond acceptors (Lipinski definition) is 0. The fourth-order valence-electron chi connectivity index (χ4n) is 3.97. The molecule has 0 bridgehead atoms. The predicted molar refractivity (Wildman–Crippen MR) is 142 cm³/mol. The van der Waals surface area contributed by atoms with Crippen molar-refractivity contribution in [2.75, 3.05) is 0 Å². The Hall–Kier alpha value is -3.19. The molecule has 168 valence electrons. The van der Waals surface area contributed by atoms with E-state index >= 15 is 0 Å². The minimum Gasteiger partial charge on any atom is -0.207 e. The van der Waals surface area contributed by atoms with Crippen molar-refractivity contribution in [1.82, 2.24) is 0 Å². The van der Waals surface area contributed by atoms with Gasteiger partial charge in [-0.15, -0.1) is 0 Å². The van der Waals surface area contributed by atoms with Crippen LogP contribution in [0, 0.1) is 6.92 Å². The van der Waals surface area contributed by atoms with Crippen LogP contribution in [0.25, 0.3) is 33.8 Å². The molecule has 4 rings (SSSR count). The second-order valence-electron chi connectivity index (χ2n) is 11.1. The van der Waals surface area contributed by atoms with Crippen LogP contribution in [0.1, 0.15) is 58.2 Å². The van der Waals surface area contributed by atoms with Crippen molar-refractivity contribution in [1.29, 1.82) is 0 Å². The molecule has 1 nitrogen and oxygen atoms in total. The summed E-state index contributed by atoms with van der Waals surface area (Å²) in [4.78, 5) is 0. The Morgan fingerprint density at radius 2 is 0.818 bits per heavy atom. The Morgan fingerprint density at radius 1 is 0.455 bits per heavy atom. The Kier molecular flexibility index (Phi) is 6.01. The van der Waals surface area contributed by atoms with Gasteiger partial charge in [0.05, 0.1) is 23.3 Å². The molecule has 0 aliphatic rings. The van der Waals surface area contributed by atoms with E-state index in [1.807, 2.05) is 0 Å². The van der Waals surface area contributed by atoms with Crippen LogP contribution in [0.4, 0.5) is 0 Å². The summed E-state index contributed by atoms with van der Waals surface area (Å²) in [5.41, 5.74) is 8.68. The number of aryl methyl sites for hydroxylation is 1. The summed E-state index contributed by atoms with van der Waals surface area (Å²) >= 11 is 0. The lowest BCUT2D eigenvalue weighted by molar-refractivity contribution is 0.580. The first-order chi connectivity index (χ1) is 15.5. The summed E-state index contributed by atoms with van der Waals surface area (Å²) in [5.74, 6) is 1.76. The third-order valence-corrected chi connectivity index (χ3v) is 6.25. The van der Waals surface area contributed by atoms with Crippen molar-refractivity contribution in [2.24, 2.45) is 0 Å². The zero-order chi connectivity index (χ0) is 23.8. The molecule has 33 heavy (non-hydrogen) atoms. The summed E-state index contributed by atoms with van der Waals surface area (Å²) in [5, 5.41) is 0. The second-order valence-corrected chi connectivity index (χ2v) is 11.1. The third-order valence-electron chi connectivity index (χ3n) is 6.25. The van der Waals surface area contributed by atoms with Gasteiger partial charge in [-0.25, -0.2) is 4.42 Å². The summed E-state index contributed by atoms with van der Waals surface area (Å²) in [6, 6.07) is 30.5. The van der Waals surface area contributed by atoms with Crippen molar-refractivity contribution in [2.45, 2.75) is 59.3 Å². The zero-order valence-corrected chi connectivity index (χ0v) is 21.0. The highest BCUT2D eigenvalue weighted by Crippen LogP contribution is 2.35. The summed E-state index contributed by atoms with van der Waals surface area (Å²) in [6.07, 6.45) is 0.